The molecule has 1 heterocycles. The number of nitrogens with two attached hydrogens (primary N) is 1. The molecule has 2 atom stereocenters. The fraction of sp³-hybridized carbons (Fsp3) is 0.929. The van der Waals surface area contributed by atoms with Gasteiger partial charge in [-0.05, 0) is 46.6 Å². The fourth-order valence-corrected chi connectivity index (χ4v) is 2.80. The Morgan fingerprint density at radius 2 is 2.17 bits per heavy atom. The van der Waals surface area contributed by atoms with Crippen LogP contribution in [0.2, 0.25) is 0 Å². The van der Waals surface area contributed by atoms with Crippen molar-refractivity contribution in [2.45, 2.75) is 71.0 Å². The molecule has 0 aliphatic carbocycles. The van der Waals surface area contributed by atoms with Gasteiger partial charge in [-0.3, -0.25) is 9.69 Å². The molecule has 0 aromatic heterocycles. The minimum absolute atomic E-state index is 0.111. The van der Waals surface area contributed by atoms with E-state index in [1.807, 2.05) is 20.8 Å². The average Bonchev–Trinajstić information content (AvgIpc) is 2.71. The van der Waals surface area contributed by atoms with Crippen molar-refractivity contribution >= 4 is 5.91 Å². The Morgan fingerprint density at radius 1 is 1.50 bits per heavy atom. The predicted octanol–water partition coefficient (Wildman–Crippen LogP) is 1.49. The van der Waals surface area contributed by atoms with E-state index in [2.05, 4.69) is 17.1 Å². The van der Waals surface area contributed by atoms with Crippen molar-refractivity contribution in [3.8, 4) is 0 Å². The number of nitrogens with zero attached hydrogens (tertiary/aromatic N) is 1. The van der Waals surface area contributed by atoms with E-state index in [9.17, 15) is 4.79 Å². The van der Waals surface area contributed by atoms with Crippen LogP contribution in [0.25, 0.3) is 0 Å². The summed E-state index contributed by atoms with van der Waals surface area (Å²) in [4.78, 5) is 14.4. The van der Waals surface area contributed by atoms with Crippen molar-refractivity contribution in [1.82, 2.24) is 10.2 Å². The van der Waals surface area contributed by atoms with Gasteiger partial charge < -0.3 is 11.1 Å². The van der Waals surface area contributed by atoms with E-state index in [1.165, 1.54) is 12.8 Å². The summed E-state index contributed by atoms with van der Waals surface area (Å²) in [5.41, 5.74) is 5.70. The molecule has 18 heavy (non-hydrogen) atoms. The summed E-state index contributed by atoms with van der Waals surface area (Å²) >= 11 is 0. The Balaban J connectivity index is 2.53. The van der Waals surface area contributed by atoms with Crippen molar-refractivity contribution in [3.63, 3.8) is 0 Å². The maximum atomic E-state index is 12.0. The van der Waals surface area contributed by atoms with Gasteiger partial charge in [0.2, 0.25) is 5.91 Å². The zero-order chi connectivity index (χ0) is 13.8. The van der Waals surface area contributed by atoms with Crippen LogP contribution in [0.15, 0.2) is 0 Å². The van der Waals surface area contributed by atoms with Gasteiger partial charge in [-0.2, -0.15) is 0 Å². The Hall–Kier alpha value is -0.610. The second-order valence-corrected chi connectivity index (χ2v) is 6.33. The summed E-state index contributed by atoms with van der Waals surface area (Å²) in [6, 6.07) is 0.806. The van der Waals surface area contributed by atoms with Gasteiger partial charge in [0.15, 0.2) is 0 Å². The standard InChI is InChI=1S/C14H29N3O/c1-5-11-7-6-8-17(11)12(10-15)9-13(18)16-14(2,3)4/h11-12H,5-10,15H2,1-4H3,(H,16,18). The van der Waals surface area contributed by atoms with Crippen molar-refractivity contribution in [2.24, 2.45) is 5.73 Å². The molecule has 0 saturated carbocycles. The maximum Gasteiger partial charge on any atom is 0.222 e. The number of hydrogen-bond acceptors (Lipinski definition) is 3. The molecule has 1 amide bonds. The van der Waals surface area contributed by atoms with Gasteiger partial charge in [0.25, 0.3) is 0 Å². The largest absolute Gasteiger partial charge is 0.351 e. The third-order valence-electron chi connectivity index (χ3n) is 3.57. The van der Waals surface area contributed by atoms with Crippen LogP contribution in [0.5, 0.6) is 0 Å². The summed E-state index contributed by atoms with van der Waals surface area (Å²) < 4.78 is 0. The van der Waals surface area contributed by atoms with Gasteiger partial charge >= 0.3 is 0 Å². The monoisotopic (exact) mass is 255 g/mol. The molecule has 1 fully saturated rings. The summed E-state index contributed by atoms with van der Waals surface area (Å²) in [5.74, 6) is 0.111. The van der Waals surface area contributed by atoms with Crippen LogP contribution in [0.1, 0.15) is 53.4 Å². The SMILES string of the molecule is CCC1CCCN1C(CN)CC(=O)NC(C)(C)C. The molecule has 0 radical (unpaired) electrons. The Kier molecular flexibility index (Phi) is 5.60. The highest BCUT2D eigenvalue weighted by Gasteiger charge is 2.30. The van der Waals surface area contributed by atoms with Crippen LogP contribution in [0.4, 0.5) is 0 Å². The first-order valence-corrected chi connectivity index (χ1v) is 7.14. The number of likely N-dealkylation sites (tertiary alicyclic amines) is 1. The molecule has 4 nitrogen and oxygen atoms in total. The van der Waals surface area contributed by atoms with Gasteiger partial charge in [0.05, 0.1) is 0 Å². The molecule has 0 aromatic rings. The lowest BCUT2D eigenvalue weighted by atomic mass is 10.1. The molecule has 0 bridgehead atoms. The molecular formula is C14H29N3O. The minimum Gasteiger partial charge on any atom is -0.351 e. The molecule has 1 aliphatic heterocycles. The lowest BCUT2D eigenvalue weighted by molar-refractivity contribution is -0.123. The highest BCUT2D eigenvalue weighted by atomic mass is 16.1. The molecule has 1 aliphatic rings. The summed E-state index contributed by atoms with van der Waals surface area (Å²) in [5, 5.41) is 3.02. The van der Waals surface area contributed by atoms with E-state index in [4.69, 9.17) is 5.73 Å². The topological polar surface area (TPSA) is 58.4 Å². The summed E-state index contributed by atoms with van der Waals surface area (Å²) in [6.07, 6.45) is 4.14. The van der Waals surface area contributed by atoms with Crippen LogP contribution in [0, 0.1) is 0 Å². The van der Waals surface area contributed by atoms with Crippen LogP contribution >= 0.6 is 0 Å². The van der Waals surface area contributed by atoms with Crippen LogP contribution in [-0.2, 0) is 4.79 Å². The molecule has 1 rings (SSSR count). The molecule has 3 N–H and O–H groups in total. The lowest BCUT2D eigenvalue weighted by Crippen LogP contribution is -2.48. The minimum atomic E-state index is -0.161. The molecule has 0 aromatic carbocycles. The number of rotatable bonds is 5. The smallest absolute Gasteiger partial charge is 0.222 e. The first-order chi connectivity index (χ1) is 8.37. The summed E-state index contributed by atoms with van der Waals surface area (Å²) in [7, 11) is 0. The van der Waals surface area contributed by atoms with Crippen molar-refractivity contribution in [2.75, 3.05) is 13.1 Å². The van der Waals surface area contributed by atoms with Crippen LogP contribution in [0.3, 0.4) is 0 Å². The Labute approximate surface area is 111 Å². The molecule has 106 valence electrons. The highest BCUT2D eigenvalue weighted by molar-refractivity contribution is 5.77. The van der Waals surface area contributed by atoms with E-state index in [-0.39, 0.29) is 17.5 Å². The van der Waals surface area contributed by atoms with E-state index >= 15 is 0 Å². The second-order valence-electron chi connectivity index (χ2n) is 6.33. The number of hydrogen-bond donors (Lipinski definition) is 2. The van der Waals surface area contributed by atoms with Crippen molar-refractivity contribution in [1.29, 1.82) is 0 Å². The van der Waals surface area contributed by atoms with Crippen LogP contribution < -0.4 is 11.1 Å². The fourth-order valence-electron chi connectivity index (χ4n) is 2.80. The maximum absolute atomic E-state index is 12.0. The van der Waals surface area contributed by atoms with E-state index in [1.54, 1.807) is 0 Å². The number of carbonyl (C=O) groups excluding carboxylic acids is 1. The molecule has 1 saturated heterocycles. The zero-order valence-electron chi connectivity index (χ0n) is 12.3. The molecule has 2 unspecified atom stereocenters. The van der Waals surface area contributed by atoms with Gasteiger partial charge in [0, 0.05) is 30.6 Å². The van der Waals surface area contributed by atoms with Gasteiger partial charge in [-0.1, -0.05) is 6.92 Å². The van der Waals surface area contributed by atoms with E-state index in [0.29, 0.717) is 19.0 Å². The highest BCUT2D eigenvalue weighted by Crippen LogP contribution is 2.23. The van der Waals surface area contributed by atoms with Crippen molar-refractivity contribution in [3.05, 3.63) is 0 Å². The summed E-state index contributed by atoms with van der Waals surface area (Å²) in [6.45, 7) is 9.89. The first kappa shape index (κ1) is 15.4. The Morgan fingerprint density at radius 3 is 2.67 bits per heavy atom. The van der Waals surface area contributed by atoms with E-state index in [0.717, 1.165) is 13.0 Å². The quantitative estimate of drug-likeness (QED) is 0.782. The van der Waals surface area contributed by atoms with Gasteiger partial charge in [0.1, 0.15) is 0 Å². The molecule has 0 spiro atoms. The normalized spacial score (nSPS) is 23.1. The van der Waals surface area contributed by atoms with Crippen molar-refractivity contribution < 1.29 is 4.79 Å². The molecule has 4 heteroatoms. The zero-order valence-corrected chi connectivity index (χ0v) is 12.3. The van der Waals surface area contributed by atoms with Crippen LogP contribution in [-0.4, -0.2) is 41.5 Å². The number of amides is 1. The molecular weight excluding hydrogens is 226 g/mol. The van der Waals surface area contributed by atoms with Gasteiger partial charge in [-0.25, -0.2) is 0 Å². The average molecular weight is 255 g/mol. The Bertz CT molecular complexity index is 273. The third-order valence-corrected chi connectivity index (χ3v) is 3.57. The number of nitrogens with one attached hydrogen (secondary N) is 1. The predicted molar refractivity (Wildman–Crippen MR) is 75.4 cm³/mol. The first-order valence-electron chi connectivity index (χ1n) is 7.14. The lowest BCUT2D eigenvalue weighted by Gasteiger charge is -2.32. The van der Waals surface area contributed by atoms with E-state index < -0.39 is 0 Å². The number of carbonyl (C=O) groups is 1. The van der Waals surface area contributed by atoms with Gasteiger partial charge in [-0.15, -0.1) is 0 Å². The third kappa shape index (κ3) is 4.58. The second kappa shape index (κ2) is 6.53.